The number of benzene rings is 2. The highest BCUT2D eigenvalue weighted by Crippen LogP contribution is 2.26. The van der Waals surface area contributed by atoms with Crippen LogP contribution in [0.15, 0.2) is 42.5 Å². The van der Waals surface area contributed by atoms with E-state index in [0.717, 1.165) is 17.7 Å². The van der Waals surface area contributed by atoms with Gasteiger partial charge < -0.3 is 5.11 Å². The molecule has 1 nitrogen and oxygen atoms in total. The number of aliphatic hydroxyl groups is 1. The Morgan fingerprint density at radius 1 is 1.06 bits per heavy atom. The third kappa shape index (κ3) is 2.86. The third-order valence-corrected chi connectivity index (χ3v) is 2.96. The molecule has 0 amide bonds. The van der Waals surface area contributed by atoms with E-state index in [1.54, 1.807) is 0 Å². The molecule has 2 rings (SSSR count). The molecular formula is C14H11ClF2O. The molecule has 2 aromatic rings. The zero-order chi connectivity index (χ0) is 13.1. The van der Waals surface area contributed by atoms with Crippen molar-refractivity contribution >= 4 is 11.6 Å². The van der Waals surface area contributed by atoms with Crippen molar-refractivity contribution in [1.82, 2.24) is 0 Å². The van der Waals surface area contributed by atoms with Crippen molar-refractivity contribution in [2.75, 3.05) is 0 Å². The number of hydrogen-bond donors (Lipinski definition) is 1. The second kappa shape index (κ2) is 5.46. The van der Waals surface area contributed by atoms with Gasteiger partial charge in [0.25, 0.3) is 0 Å². The monoisotopic (exact) mass is 268 g/mol. The Morgan fingerprint density at radius 2 is 1.72 bits per heavy atom. The van der Waals surface area contributed by atoms with Crippen LogP contribution in [-0.4, -0.2) is 5.11 Å². The summed E-state index contributed by atoms with van der Waals surface area (Å²) in [6.45, 7) is 0. The quantitative estimate of drug-likeness (QED) is 0.837. The Balaban J connectivity index is 2.24. The van der Waals surface area contributed by atoms with Crippen LogP contribution in [0.4, 0.5) is 8.78 Å². The van der Waals surface area contributed by atoms with E-state index in [-0.39, 0.29) is 17.0 Å². The van der Waals surface area contributed by atoms with Crippen molar-refractivity contribution in [3.8, 4) is 0 Å². The molecule has 0 bridgehead atoms. The summed E-state index contributed by atoms with van der Waals surface area (Å²) in [7, 11) is 0. The molecule has 4 heteroatoms. The highest BCUT2D eigenvalue weighted by Gasteiger charge is 2.16. The summed E-state index contributed by atoms with van der Waals surface area (Å²) in [4.78, 5) is 0. The molecule has 0 aromatic heterocycles. The van der Waals surface area contributed by atoms with E-state index in [1.807, 2.05) is 30.3 Å². The first kappa shape index (κ1) is 13.0. The van der Waals surface area contributed by atoms with Gasteiger partial charge in [0.05, 0.1) is 11.1 Å². The average molecular weight is 269 g/mol. The molecule has 0 fully saturated rings. The van der Waals surface area contributed by atoms with Crippen molar-refractivity contribution < 1.29 is 13.9 Å². The molecule has 2 aromatic carbocycles. The van der Waals surface area contributed by atoms with Crippen LogP contribution in [0.1, 0.15) is 17.2 Å². The molecule has 94 valence electrons. The van der Waals surface area contributed by atoms with E-state index >= 15 is 0 Å². The fraction of sp³-hybridized carbons (Fsp3) is 0.143. The smallest absolute Gasteiger partial charge is 0.142 e. The topological polar surface area (TPSA) is 20.2 Å². The summed E-state index contributed by atoms with van der Waals surface area (Å²) >= 11 is 5.45. The first-order valence-corrected chi connectivity index (χ1v) is 5.82. The third-order valence-electron chi connectivity index (χ3n) is 2.67. The second-order valence-electron chi connectivity index (χ2n) is 3.99. The highest BCUT2D eigenvalue weighted by atomic mass is 35.5. The molecular weight excluding hydrogens is 258 g/mol. The SMILES string of the molecule is OC(Cc1ccccc1)c1cc(F)c(Cl)cc1F. The van der Waals surface area contributed by atoms with Gasteiger partial charge >= 0.3 is 0 Å². The lowest BCUT2D eigenvalue weighted by Gasteiger charge is -2.12. The van der Waals surface area contributed by atoms with Gasteiger partial charge in [0.15, 0.2) is 0 Å². The first-order valence-electron chi connectivity index (χ1n) is 5.44. The molecule has 0 aliphatic rings. The first-order chi connectivity index (χ1) is 8.58. The van der Waals surface area contributed by atoms with Crippen LogP contribution in [0.2, 0.25) is 5.02 Å². The largest absolute Gasteiger partial charge is 0.388 e. The van der Waals surface area contributed by atoms with Gasteiger partial charge in [-0.15, -0.1) is 0 Å². The van der Waals surface area contributed by atoms with Crippen LogP contribution < -0.4 is 0 Å². The predicted octanol–water partition coefficient (Wildman–Crippen LogP) is 3.89. The summed E-state index contributed by atoms with van der Waals surface area (Å²) in [5.41, 5.74) is 0.764. The lowest BCUT2D eigenvalue weighted by atomic mass is 10.0. The van der Waals surface area contributed by atoms with Gasteiger partial charge in [0.2, 0.25) is 0 Å². The van der Waals surface area contributed by atoms with Gasteiger partial charge in [-0.3, -0.25) is 0 Å². The molecule has 1 atom stereocenters. The molecule has 18 heavy (non-hydrogen) atoms. The maximum Gasteiger partial charge on any atom is 0.142 e. The fourth-order valence-corrected chi connectivity index (χ4v) is 1.89. The van der Waals surface area contributed by atoms with E-state index in [9.17, 15) is 13.9 Å². The van der Waals surface area contributed by atoms with Gasteiger partial charge in [0.1, 0.15) is 11.6 Å². The van der Waals surface area contributed by atoms with Crippen LogP contribution >= 0.6 is 11.6 Å². The summed E-state index contributed by atoms with van der Waals surface area (Å²) in [5, 5.41) is 9.63. The molecule has 1 unspecified atom stereocenters. The van der Waals surface area contributed by atoms with Gasteiger partial charge in [-0.2, -0.15) is 0 Å². The molecule has 0 heterocycles. The normalized spacial score (nSPS) is 12.4. The van der Waals surface area contributed by atoms with Gasteiger partial charge in [-0.05, 0) is 17.7 Å². The minimum absolute atomic E-state index is 0.0826. The van der Waals surface area contributed by atoms with Gasteiger partial charge in [0, 0.05) is 12.0 Å². The molecule has 0 spiro atoms. The zero-order valence-corrected chi connectivity index (χ0v) is 10.2. The maximum atomic E-state index is 13.6. The van der Waals surface area contributed by atoms with Gasteiger partial charge in [-0.1, -0.05) is 41.9 Å². The van der Waals surface area contributed by atoms with Crippen LogP contribution in [-0.2, 0) is 6.42 Å². The van der Waals surface area contributed by atoms with Gasteiger partial charge in [-0.25, -0.2) is 8.78 Å². The molecule has 0 aliphatic carbocycles. The number of hydrogen-bond acceptors (Lipinski definition) is 1. The summed E-state index contributed by atoms with van der Waals surface area (Å²) in [6, 6.07) is 10.9. The zero-order valence-electron chi connectivity index (χ0n) is 9.41. The number of halogens is 3. The standard InChI is InChI=1S/C14H11ClF2O/c15-11-8-12(16)10(7-13(11)17)14(18)6-9-4-2-1-3-5-9/h1-5,7-8,14,18H,6H2. The van der Waals surface area contributed by atoms with E-state index in [4.69, 9.17) is 11.6 Å². The average Bonchev–Trinajstić information content (AvgIpc) is 2.35. The van der Waals surface area contributed by atoms with E-state index in [2.05, 4.69) is 0 Å². The summed E-state index contributed by atoms with van der Waals surface area (Å²) in [5.74, 6) is -1.44. The van der Waals surface area contributed by atoms with Crippen molar-refractivity contribution in [2.45, 2.75) is 12.5 Å². The van der Waals surface area contributed by atoms with Crippen LogP contribution in [0.25, 0.3) is 0 Å². The Morgan fingerprint density at radius 3 is 2.39 bits per heavy atom. The summed E-state index contributed by atoms with van der Waals surface area (Å²) < 4.78 is 26.8. The lowest BCUT2D eigenvalue weighted by Crippen LogP contribution is -2.05. The Hall–Kier alpha value is -1.45. The predicted molar refractivity (Wildman–Crippen MR) is 66.5 cm³/mol. The second-order valence-corrected chi connectivity index (χ2v) is 4.40. The minimum atomic E-state index is -1.10. The van der Waals surface area contributed by atoms with Crippen molar-refractivity contribution in [2.24, 2.45) is 0 Å². The Bertz CT molecular complexity index is 543. The van der Waals surface area contributed by atoms with Crippen molar-refractivity contribution in [1.29, 1.82) is 0 Å². The molecule has 0 aliphatic heterocycles. The minimum Gasteiger partial charge on any atom is -0.388 e. The van der Waals surface area contributed by atoms with E-state index in [0.29, 0.717) is 0 Å². The summed E-state index contributed by atoms with van der Waals surface area (Å²) in [6.07, 6.45) is -0.877. The maximum absolute atomic E-state index is 13.6. The number of aliphatic hydroxyl groups excluding tert-OH is 1. The number of rotatable bonds is 3. The fourth-order valence-electron chi connectivity index (χ4n) is 1.74. The van der Waals surface area contributed by atoms with Crippen molar-refractivity contribution in [3.05, 3.63) is 70.2 Å². The van der Waals surface area contributed by atoms with Crippen LogP contribution in [0, 0.1) is 11.6 Å². The highest BCUT2D eigenvalue weighted by molar-refractivity contribution is 6.30. The Kier molecular flexibility index (Phi) is 3.94. The van der Waals surface area contributed by atoms with Crippen LogP contribution in [0.3, 0.4) is 0 Å². The van der Waals surface area contributed by atoms with E-state index < -0.39 is 17.7 Å². The van der Waals surface area contributed by atoms with Crippen molar-refractivity contribution in [3.63, 3.8) is 0 Å². The van der Waals surface area contributed by atoms with E-state index in [1.165, 1.54) is 0 Å². The molecule has 1 N–H and O–H groups in total. The van der Waals surface area contributed by atoms with Crippen LogP contribution in [0.5, 0.6) is 0 Å². The lowest BCUT2D eigenvalue weighted by molar-refractivity contribution is 0.173. The molecule has 0 saturated carbocycles. The molecule has 0 saturated heterocycles. The molecule has 0 radical (unpaired) electrons. The Labute approximate surface area is 109 Å².